The van der Waals surface area contributed by atoms with Crippen LogP contribution < -0.4 is 4.57 Å². The molecule has 0 fully saturated rings. The third-order valence-electron chi connectivity index (χ3n) is 2.65. The fourth-order valence-corrected chi connectivity index (χ4v) is 1.88. The van der Waals surface area contributed by atoms with Gasteiger partial charge in [-0.2, -0.15) is 0 Å². The average molecular weight is 215 g/mol. The highest BCUT2D eigenvalue weighted by Crippen LogP contribution is 2.12. The molecule has 2 heteroatoms. The maximum atomic E-state index is 2.25. The van der Waals surface area contributed by atoms with Gasteiger partial charge in [-0.1, -0.05) is 26.0 Å². The lowest BCUT2D eigenvalue weighted by molar-refractivity contribution is -0.670. The first-order valence-electron chi connectivity index (χ1n) is 5.77. The molecule has 0 atom stereocenters. The zero-order chi connectivity index (χ0) is 11.5. The van der Waals surface area contributed by atoms with Gasteiger partial charge >= 0.3 is 0 Å². The number of hydrogen-bond acceptors (Lipinski definition) is 0. The van der Waals surface area contributed by atoms with Crippen LogP contribution in [0.3, 0.4) is 0 Å². The average Bonchev–Trinajstić information content (AvgIpc) is 2.65. The lowest BCUT2D eigenvalue weighted by Gasteiger charge is -2.04. The van der Waals surface area contributed by atoms with E-state index in [2.05, 4.69) is 55.2 Å². The molecule has 0 aliphatic heterocycles. The van der Waals surface area contributed by atoms with E-state index in [0.29, 0.717) is 0 Å². The highest BCUT2D eigenvalue weighted by molar-refractivity contribution is 5.34. The summed E-state index contributed by atoms with van der Waals surface area (Å²) in [6.45, 7) is 4.50. The molecule has 2 nitrogen and oxygen atoms in total. The van der Waals surface area contributed by atoms with Crippen LogP contribution in [0.2, 0.25) is 0 Å². The lowest BCUT2D eigenvalue weighted by atomic mass is 10.0. The SMILES string of the molecule is CC(C)Cc1ccc(-n2cc[n+](C)c2)cc1. The molecule has 1 heterocycles. The summed E-state index contributed by atoms with van der Waals surface area (Å²) in [5.41, 5.74) is 2.63. The Kier molecular flexibility index (Phi) is 3.09. The molecule has 2 aromatic rings. The van der Waals surface area contributed by atoms with E-state index in [-0.39, 0.29) is 0 Å². The second-order valence-electron chi connectivity index (χ2n) is 4.75. The van der Waals surface area contributed by atoms with Gasteiger partial charge in [-0.15, -0.1) is 0 Å². The van der Waals surface area contributed by atoms with E-state index >= 15 is 0 Å². The molecular formula is C14H19N2+. The van der Waals surface area contributed by atoms with Crippen LogP contribution in [-0.2, 0) is 13.5 Å². The van der Waals surface area contributed by atoms with Crippen molar-refractivity contribution in [3.8, 4) is 5.69 Å². The number of rotatable bonds is 3. The Hall–Kier alpha value is -1.57. The van der Waals surface area contributed by atoms with Gasteiger partial charge in [0.25, 0.3) is 0 Å². The molecule has 1 aromatic heterocycles. The number of aromatic nitrogens is 2. The molecule has 0 saturated carbocycles. The van der Waals surface area contributed by atoms with Crippen LogP contribution in [0.1, 0.15) is 19.4 Å². The third-order valence-corrected chi connectivity index (χ3v) is 2.65. The van der Waals surface area contributed by atoms with Crippen molar-refractivity contribution < 1.29 is 4.57 Å². The van der Waals surface area contributed by atoms with Gasteiger partial charge in [-0.25, -0.2) is 9.13 Å². The molecule has 0 radical (unpaired) electrons. The van der Waals surface area contributed by atoms with Gasteiger partial charge < -0.3 is 0 Å². The van der Waals surface area contributed by atoms with Crippen molar-refractivity contribution >= 4 is 0 Å². The van der Waals surface area contributed by atoms with E-state index in [0.717, 1.165) is 12.3 Å². The van der Waals surface area contributed by atoms with Crippen LogP contribution >= 0.6 is 0 Å². The highest BCUT2D eigenvalue weighted by Gasteiger charge is 2.04. The second-order valence-corrected chi connectivity index (χ2v) is 4.75. The zero-order valence-corrected chi connectivity index (χ0v) is 10.2. The largest absolute Gasteiger partial charge is 0.248 e. The van der Waals surface area contributed by atoms with Crippen molar-refractivity contribution in [2.24, 2.45) is 13.0 Å². The quantitative estimate of drug-likeness (QED) is 0.696. The number of benzene rings is 1. The van der Waals surface area contributed by atoms with Gasteiger partial charge in [0.05, 0.1) is 7.05 Å². The number of aryl methyl sites for hydroxylation is 1. The van der Waals surface area contributed by atoms with Crippen LogP contribution in [0.25, 0.3) is 5.69 Å². The summed E-state index contributed by atoms with van der Waals surface area (Å²) < 4.78 is 4.17. The molecule has 0 amide bonds. The number of hydrogen-bond donors (Lipinski definition) is 0. The van der Waals surface area contributed by atoms with Gasteiger partial charge in [0.1, 0.15) is 18.1 Å². The number of nitrogens with zero attached hydrogens (tertiary/aromatic N) is 2. The molecule has 1 aromatic carbocycles. The summed E-state index contributed by atoms with van der Waals surface area (Å²) in [5, 5.41) is 0. The summed E-state index contributed by atoms with van der Waals surface area (Å²) in [5.74, 6) is 0.718. The van der Waals surface area contributed by atoms with Crippen LogP contribution in [0, 0.1) is 5.92 Å². The smallest absolute Gasteiger partial charge is 0.239 e. The minimum atomic E-state index is 0.718. The van der Waals surface area contributed by atoms with E-state index < -0.39 is 0 Å². The summed E-state index contributed by atoms with van der Waals surface area (Å²) in [4.78, 5) is 0. The molecule has 0 saturated heterocycles. The molecule has 0 spiro atoms. The Morgan fingerprint density at radius 2 is 1.88 bits per heavy atom. The Labute approximate surface area is 97.2 Å². The Bertz CT molecular complexity index is 452. The second kappa shape index (κ2) is 4.52. The molecule has 0 bridgehead atoms. The van der Waals surface area contributed by atoms with E-state index in [1.807, 2.05) is 17.8 Å². The van der Waals surface area contributed by atoms with Crippen molar-refractivity contribution in [1.82, 2.24) is 4.57 Å². The zero-order valence-electron chi connectivity index (χ0n) is 10.2. The molecule has 0 N–H and O–H groups in total. The maximum Gasteiger partial charge on any atom is 0.248 e. The van der Waals surface area contributed by atoms with E-state index in [4.69, 9.17) is 0 Å². The van der Waals surface area contributed by atoms with Gasteiger partial charge in [-0.05, 0) is 30.0 Å². The van der Waals surface area contributed by atoms with Gasteiger partial charge in [0, 0.05) is 0 Å². The van der Waals surface area contributed by atoms with Gasteiger partial charge in [0.15, 0.2) is 0 Å². The van der Waals surface area contributed by atoms with Crippen LogP contribution in [0.15, 0.2) is 43.0 Å². The van der Waals surface area contributed by atoms with E-state index in [1.165, 1.54) is 11.3 Å². The van der Waals surface area contributed by atoms with E-state index in [1.54, 1.807) is 0 Å². The first-order valence-corrected chi connectivity index (χ1v) is 5.77. The first-order chi connectivity index (χ1) is 7.65. The van der Waals surface area contributed by atoms with Crippen molar-refractivity contribution in [2.45, 2.75) is 20.3 Å². The number of imidazole rings is 1. The fourth-order valence-electron chi connectivity index (χ4n) is 1.88. The topological polar surface area (TPSA) is 8.81 Å². The van der Waals surface area contributed by atoms with Crippen molar-refractivity contribution in [3.63, 3.8) is 0 Å². The molecule has 84 valence electrons. The Morgan fingerprint density at radius 3 is 2.38 bits per heavy atom. The predicted octanol–water partition coefficient (Wildman–Crippen LogP) is 2.50. The van der Waals surface area contributed by atoms with Gasteiger partial charge in [0.2, 0.25) is 6.33 Å². The van der Waals surface area contributed by atoms with Crippen molar-refractivity contribution in [1.29, 1.82) is 0 Å². The maximum absolute atomic E-state index is 2.25. The monoisotopic (exact) mass is 215 g/mol. The Balaban J connectivity index is 2.19. The molecule has 0 aliphatic rings. The first kappa shape index (κ1) is 10.9. The standard InChI is InChI=1S/C14H19N2/c1-12(2)10-13-4-6-14(7-5-13)16-9-8-15(3)11-16/h4-9,11-12H,10H2,1-3H3/q+1. The molecular weight excluding hydrogens is 196 g/mol. The minimum absolute atomic E-state index is 0.718. The van der Waals surface area contributed by atoms with Crippen LogP contribution in [0.4, 0.5) is 0 Å². The molecule has 2 rings (SSSR count). The van der Waals surface area contributed by atoms with Crippen LogP contribution in [0.5, 0.6) is 0 Å². The fraction of sp³-hybridized carbons (Fsp3) is 0.357. The van der Waals surface area contributed by atoms with Crippen molar-refractivity contribution in [3.05, 3.63) is 48.5 Å². The molecule has 0 unspecified atom stereocenters. The highest BCUT2D eigenvalue weighted by atomic mass is 15.1. The van der Waals surface area contributed by atoms with Crippen LogP contribution in [-0.4, -0.2) is 4.57 Å². The summed E-state index contributed by atoms with van der Waals surface area (Å²) in [6.07, 6.45) is 7.33. The normalized spacial score (nSPS) is 11.0. The lowest BCUT2D eigenvalue weighted by Crippen LogP contribution is -2.23. The predicted molar refractivity (Wildman–Crippen MR) is 65.5 cm³/mol. The third kappa shape index (κ3) is 2.51. The van der Waals surface area contributed by atoms with Gasteiger partial charge in [-0.3, -0.25) is 0 Å². The summed E-state index contributed by atoms with van der Waals surface area (Å²) in [6, 6.07) is 8.79. The Morgan fingerprint density at radius 1 is 1.19 bits per heavy atom. The van der Waals surface area contributed by atoms with Crippen molar-refractivity contribution in [2.75, 3.05) is 0 Å². The molecule has 0 aliphatic carbocycles. The summed E-state index contributed by atoms with van der Waals surface area (Å²) in [7, 11) is 2.03. The molecule has 16 heavy (non-hydrogen) atoms. The minimum Gasteiger partial charge on any atom is -0.239 e. The summed E-state index contributed by atoms with van der Waals surface area (Å²) >= 11 is 0. The van der Waals surface area contributed by atoms with E-state index in [9.17, 15) is 0 Å².